The van der Waals surface area contributed by atoms with E-state index in [9.17, 15) is 16.8 Å². The lowest BCUT2D eigenvalue weighted by molar-refractivity contribution is 0.0730. The monoisotopic (exact) mass is 457 g/mol. The third-order valence-electron chi connectivity index (χ3n) is 6.43. The van der Waals surface area contributed by atoms with Crippen LogP contribution in [-0.4, -0.2) is 88.9 Å². The largest absolute Gasteiger partial charge is 0.379 e. The standard InChI is InChI=1S/C20H31N3O5S2/c24-29(25,22-12-10-21(11-13-22)18-4-2-1-3-5-18)19-6-8-20(9-7-19)30(26,27)23-14-16-28-17-15-23/h6-9,18H,1-5,10-17H2. The summed E-state index contributed by atoms with van der Waals surface area (Å²) in [5.74, 6) is 0. The molecule has 2 heterocycles. The van der Waals surface area contributed by atoms with Gasteiger partial charge in [-0.1, -0.05) is 19.3 Å². The van der Waals surface area contributed by atoms with E-state index < -0.39 is 20.0 Å². The summed E-state index contributed by atoms with van der Waals surface area (Å²) in [5, 5.41) is 0. The molecule has 1 aliphatic carbocycles. The Kier molecular flexibility index (Phi) is 6.81. The zero-order chi connectivity index (χ0) is 21.2. The van der Waals surface area contributed by atoms with Crippen molar-refractivity contribution in [2.75, 3.05) is 52.5 Å². The van der Waals surface area contributed by atoms with Crippen LogP contribution in [0.25, 0.3) is 0 Å². The molecule has 0 atom stereocenters. The molecule has 0 aromatic heterocycles. The van der Waals surface area contributed by atoms with Crippen molar-refractivity contribution in [2.45, 2.75) is 47.9 Å². The fraction of sp³-hybridized carbons (Fsp3) is 0.700. The fourth-order valence-electron chi connectivity index (χ4n) is 4.62. The Balaban J connectivity index is 1.42. The Morgan fingerprint density at radius 3 is 1.63 bits per heavy atom. The van der Waals surface area contributed by atoms with E-state index in [4.69, 9.17) is 4.74 Å². The summed E-state index contributed by atoms with van der Waals surface area (Å²) in [6.45, 7) is 3.85. The van der Waals surface area contributed by atoms with Gasteiger partial charge in [0, 0.05) is 45.3 Å². The van der Waals surface area contributed by atoms with Gasteiger partial charge in [0.1, 0.15) is 0 Å². The van der Waals surface area contributed by atoms with Crippen LogP contribution in [0.4, 0.5) is 0 Å². The number of rotatable bonds is 5. The molecule has 1 saturated carbocycles. The first kappa shape index (κ1) is 22.2. The van der Waals surface area contributed by atoms with Crippen LogP contribution in [0.5, 0.6) is 0 Å². The highest BCUT2D eigenvalue weighted by Crippen LogP contribution is 2.26. The number of sulfonamides is 2. The van der Waals surface area contributed by atoms with Gasteiger partial charge in [0.05, 0.1) is 23.0 Å². The summed E-state index contributed by atoms with van der Waals surface area (Å²) in [7, 11) is -7.26. The number of nitrogens with zero attached hydrogens (tertiary/aromatic N) is 3. The summed E-state index contributed by atoms with van der Waals surface area (Å²) < 4.78 is 59.7. The molecule has 8 nitrogen and oxygen atoms in total. The summed E-state index contributed by atoms with van der Waals surface area (Å²) in [6.07, 6.45) is 6.27. The van der Waals surface area contributed by atoms with Crippen molar-refractivity contribution in [1.82, 2.24) is 13.5 Å². The molecule has 168 valence electrons. The Hall–Kier alpha value is -1.04. The molecule has 10 heteroatoms. The van der Waals surface area contributed by atoms with Crippen LogP contribution < -0.4 is 0 Å². The average Bonchev–Trinajstić information content (AvgIpc) is 2.80. The van der Waals surface area contributed by atoms with Gasteiger partial charge in [-0.2, -0.15) is 8.61 Å². The first-order valence-electron chi connectivity index (χ1n) is 10.8. The second-order valence-electron chi connectivity index (χ2n) is 8.22. The van der Waals surface area contributed by atoms with Crippen LogP contribution in [0.15, 0.2) is 34.1 Å². The Morgan fingerprint density at radius 1 is 0.667 bits per heavy atom. The molecule has 0 unspecified atom stereocenters. The van der Waals surface area contributed by atoms with Gasteiger partial charge in [-0.3, -0.25) is 4.90 Å². The molecular formula is C20H31N3O5S2. The van der Waals surface area contributed by atoms with E-state index in [1.54, 1.807) is 0 Å². The molecule has 3 fully saturated rings. The van der Waals surface area contributed by atoms with Gasteiger partial charge in [-0.05, 0) is 37.1 Å². The van der Waals surface area contributed by atoms with Crippen LogP contribution >= 0.6 is 0 Å². The van der Waals surface area contributed by atoms with Gasteiger partial charge in [-0.25, -0.2) is 16.8 Å². The first-order valence-corrected chi connectivity index (χ1v) is 13.7. The van der Waals surface area contributed by atoms with Crippen LogP contribution in [-0.2, 0) is 24.8 Å². The second-order valence-corrected chi connectivity index (χ2v) is 12.1. The Morgan fingerprint density at radius 2 is 1.13 bits per heavy atom. The summed E-state index contributed by atoms with van der Waals surface area (Å²) in [6, 6.07) is 6.21. The van der Waals surface area contributed by atoms with E-state index >= 15 is 0 Å². The molecule has 0 bridgehead atoms. The van der Waals surface area contributed by atoms with Gasteiger partial charge in [-0.15, -0.1) is 0 Å². The normalized spacial score (nSPS) is 24.1. The van der Waals surface area contributed by atoms with Crippen LogP contribution in [0.1, 0.15) is 32.1 Å². The molecule has 4 rings (SSSR count). The Labute approximate surface area is 179 Å². The lowest BCUT2D eigenvalue weighted by Gasteiger charge is -2.40. The minimum absolute atomic E-state index is 0.116. The third-order valence-corrected chi connectivity index (χ3v) is 10.3. The highest BCUT2D eigenvalue weighted by atomic mass is 32.2. The lowest BCUT2D eigenvalue weighted by Crippen LogP contribution is -2.52. The highest BCUT2D eigenvalue weighted by molar-refractivity contribution is 7.89. The molecule has 0 N–H and O–H groups in total. The summed E-state index contributed by atoms with van der Waals surface area (Å²) >= 11 is 0. The van der Waals surface area contributed by atoms with Gasteiger partial charge < -0.3 is 4.74 Å². The van der Waals surface area contributed by atoms with Crippen molar-refractivity contribution >= 4 is 20.0 Å². The van der Waals surface area contributed by atoms with E-state index in [1.807, 2.05) is 0 Å². The van der Waals surface area contributed by atoms with Crippen molar-refractivity contribution in [3.05, 3.63) is 24.3 Å². The van der Waals surface area contributed by atoms with Gasteiger partial charge in [0.15, 0.2) is 0 Å². The van der Waals surface area contributed by atoms with Gasteiger partial charge in [0.2, 0.25) is 20.0 Å². The number of hydrogen-bond donors (Lipinski definition) is 0. The lowest BCUT2D eigenvalue weighted by atomic mass is 9.94. The SMILES string of the molecule is O=S(=O)(c1ccc(S(=O)(=O)N2CCN(C3CCCCC3)CC2)cc1)N1CCOCC1. The first-order chi connectivity index (χ1) is 14.4. The van der Waals surface area contributed by atoms with E-state index in [0.717, 1.165) is 13.1 Å². The number of morpholine rings is 1. The number of benzene rings is 1. The second kappa shape index (κ2) is 9.22. The molecule has 1 aromatic rings. The predicted molar refractivity (Wildman–Crippen MR) is 113 cm³/mol. The van der Waals surface area contributed by atoms with Crippen LogP contribution in [0, 0.1) is 0 Å². The van der Waals surface area contributed by atoms with E-state index in [1.165, 1.54) is 65.0 Å². The molecule has 2 saturated heterocycles. The quantitative estimate of drug-likeness (QED) is 0.663. The molecule has 2 aliphatic heterocycles. The molecule has 30 heavy (non-hydrogen) atoms. The van der Waals surface area contributed by atoms with Crippen molar-refractivity contribution in [3.63, 3.8) is 0 Å². The van der Waals surface area contributed by atoms with E-state index in [-0.39, 0.29) is 9.79 Å². The van der Waals surface area contributed by atoms with Crippen LogP contribution in [0.3, 0.4) is 0 Å². The smallest absolute Gasteiger partial charge is 0.243 e. The minimum atomic E-state index is -3.63. The maximum Gasteiger partial charge on any atom is 0.243 e. The number of piperazine rings is 1. The van der Waals surface area contributed by atoms with Gasteiger partial charge in [0.25, 0.3) is 0 Å². The summed E-state index contributed by atoms with van der Waals surface area (Å²) in [4.78, 5) is 2.70. The topological polar surface area (TPSA) is 87.2 Å². The summed E-state index contributed by atoms with van der Waals surface area (Å²) in [5.41, 5.74) is 0. The van der Waals surface area contributed by atoms with Gasteiger partial charge >= 0.3 is 0 Å². The third kappa shape index (κ3) is 4.58. The number of ether oxygens (including phenoxy) is 1. The van der Waals surface area contributed by atoms with Crippen molar-refractivity contribution in [3.8, 4) is 0 Å². The molecular weight excluding hydrogens is 426 g/mol. The minimum Gasteiger partial charge on any atom is -0.379 e. The van der Waals surface area contributed by atoms with Crippen molar-refractivity contribution < 1.29 is 21.6 Å². The highest BCUT2D eigenvalue weighted by Gasteiger charge is 2.32. The number of hydrogen-bond acceptors (Lipinski definition) is 6. The molecule has 1 aromatic carbocycles. The molecule has 0 radical (unpaired) electrons. The maximum atomic E-state index is 13.1. The van der Waals surface area contributed by atoms with Crippen LogP contribution in [0.2, 0.25) is 0 Å². The molecule has 3 aliphatic rings. The molecule has 0 amide bonds. The fourth-order valence-corrected chi connectivity index (χ4v) is 7.45. The zero-order valence-corrected chi connectivity index (χ0v) is 18.9. The van der Waals surface area contributed by atoms with E-state index in [0.29, 0.717) is 45.4 Å². The maximum absolute atomic E-state index is 13.1. The average molecular weight is 458 g/mol. The van der Waals surface area contributed by atoms with Crippen molar-refractivity contribution in [2.24, 2.45) is 0 Å². The zero-order valence-electron chi connectivity index (χ0n) is 17.3. The van der Waals surface area contributed by atoms with E-state index in [2.05, 4.69) is 4.90 Å². The molecule has 0 spiro atoms. The predicted octanol–water partition coefficient (Wildman–Crippen LogP) is 1.35. The Bertz CT molecular complexity index is 914. The van der Waals surface area contributed by atoms with Crippen molar-refractivity contribution in [1.29, 1.82) is 0 Å².